The Labute approximate surface area is 180 Å². The van der Waals surface area contributed by atoms with Gasteiger partial charge in [0.25, 0.3) is 5.91 Å². The fourth-order valence-electron chi connectivity index (χ4n) is 4.34. The van der Waals surface area contributed by atoms with Crippen LogP contribution < -0.4 is 10.2 Å². The zero-order chi connectivity index (χ0) is 21.2. The fourth-order valence-corrected chi connectivity index (χ4v) is 4.34. The lowest BCUT2D eigenvalue weighted by Gasteiger charge is -2.25. The van der Waals surface area contributed by atoms with Crippen LogP contribution in [0, 0.1) is 0 Å². The van der Waals surface area contributed by atoms with E-state index < -0.39 is 6.04 Å². The summed E-state index contributed by atoms with van der Waals surface area (Å²) in [6, 6.07) is 24.5. The smallest absolute Gasteiger partial charge is 0.259 e. The highest BCUT2D eigenvalue weighted by Crippen LogP contribution is 2.33. The van der Waals surface area contributed by atoms with Crippen LogP contribution in [0.3, 0.4) is 0 Å². The quantitative estimate of drug-likeness (QED) is 0.521. The van der Waals surface area contributed by atoms with Crippen LogP contribution >= 0.6 is 0 Å². The summed E-state index contributed by atoms with van der Waals surface area (Å²) in [6.07, 6.45) is 3.24. The lowest BCUT2D eigenvalue weighted by atomic mass is 10.1. The lowest BCUT2D eigenvalue weighted by molar-refractivity contribution is -0.122. The first kappa shape index (κ1) is 19.1. The van der Waals surface area contributed by atoms with E-state index in [0.29, 0.717) is 18.5 Å². The number of H-pyrrole nitrogens is 1. The highest BCUT2D eigenvalue weighted by molar-refractivity contribution is 6.11. The molecule has 0 aliphatic carbocycles. The molecule has 1 aliphatic heterocycles. The summed E-state index contributed by atoms with van der Waals surface area (Å²) in [5.41, 5.74) is 4.67. The van der Waals surface area contributed by atoms with Gasteiger partial charge in [0.1, 0.15) is 6.04 Å². The second-order valence-electron chi connectivity index (χ2n) is 7.79. The molecule has 4 aromatic rings. The van der Waals surface area contributed by atoms with Gasteiger partial charge in [0, 0.05) is 41.3 Å². The second kappa shape index (κ2) is 8.11. The number of nitrogens with one attached hydrogen (secondary N) is 2. The van der Waals surface area contributed by atoms with Crippen molar-refractivity contribution in [1.82, 2.24) is 10.3 Å². The van der Waals surface area contributed by atoms with Gasteiger partial charge in [-0.15, -0.1) is 0 Å². The van der Waals surface area contributed by atoms with E-state index in [0.717, 1.165) is 23.2 Å². The van der Waals surface area contributed by atoms with E-state index >= 15 is 0 Å². The van der Waals surface area contributed by atoms with Gasteiger partial charge in [0.15, 0.2) is 0 Å². The summed E-state index contributed by atoms with van der Waals surface area (Å²) in [5.74, 6) is -0.275. The molecule has 2 heterocycles. The minimum Gasteiger partial charge on any atom is -0.361 e. The molecule has 1 aromatic heterocycles. The molecule has 154 valence electrons. The zero-order valence-corrected chi connectivity index (χ0v) is 17.0. The number of para-hydroxylation sites is 2. The minimum atomic E-state index is -0.548. The number of rotatable bonds is 5. The molecule has 1 atom stereocenters. The number of nitrogens with zero attached hydrogens (tertiary/aromatic N) is 1. The molecule has 5 rings (SSSR count). The van der Waals surface area contributed by atoms with E-state index in [1.807, 2.05) is 66.9 Å². The lowest BCUT2D eigenvalue weighted by Crippen LogP contribution is -2.48. The normalized spacial score (nSPS) is 15.1. The maximum Gasteiger partial charge on any atom is 0.259 e. The van der Waals surface area contributed by atoms with E-state index in [1.54, 1.807) is 17.0 Å². The monoisotopic (exact) mass is 409 g/mol. The summed E-state index contributed by atoms with van der Waals surface area (Å²) >= 11 is 0. The molecule has 2 N–H and O–H groups in total. The van der Waals surface area contributed by atoms with E-state index in [4.69, 9.17) is 0 Å². The van der Waals surface area contributed by atoms with Crippen molar-refractivity contribution in [2.24, 2.45) is 0 Å². The number of fused-ring (bicyclic) bond motifs is 2. The van der Waals surface area contributed by atoms with E-state index in [2.05, 4.69) is 16.4 Å². The topological polar surface area (TPSA) is 65.2 Å². The molecule has 5 heteroatoms. The predicted octanol–water partition coefficient (Wildman–Crippen LogP) is 4.10. The van der Waals surface area contributed by atoms with Gasteiger partial charge in [-0.1, -0.05) is 54.6 Å². The van der Waals surface area contributed by atoms with Crippen molar-refractivity contribution in [2.45, 2.75) is 18.9 Å². The molecule has 0 saturated carbocycles. The third-order valence-electron chi connectivity index (χ3n) is 5.89. The molecule has 1 aliphatic rings. The number of amides is 2. The van der Waals surface area contributed by atoms with Crippen LogP contribution in [0.4, 0.5) is 5.69 Å². The maximum atomic E-state index is 13.3. The largest absolute Gasteiger partial charge is 0.361 e. The second-order valence-corrected chi connectivity index (χ2v) is 7.79. The van der Waals surface area contributed by atoms with Crippen LogP contribution in [0.5, 0.6) is 0 Å². The first-order valence-electron chi connectivity index (χ1n) is 10.5. The first-order valence-corrected chi connectivity index (χ1v) is 10.5. The minimum absolute atomic E-state index is 0.125. The molecule has 2 amide bonds. The summed E-state index contributed by atoms with van der Waals surface area (Å²) < 4.78 is 0. The Bertz CT molecular complexity index is 1250. The van der Waals surface area contributed by atoms with Crippen LogP contribution in [0.2, 0.25) is 0 Å². The SMILES string of the molecule is O=C(NCCc1c[nH]c2ccccc12)C1Cc2ccccc2N1C(=O)c1ccccc1. The van der Waals surface area contributed by atoms with Gasteiger partial charge in [-0.3, -0.25) is 14.5 Å². The molecule has 0 bridgehead atoms. The van der Waals surface area contributed by atoms with Gasteiger partial charge in [-0.25, -0.2) is 0 Å². The summed E-state index contributed by atoms with van der Waals surface area (Å²) in [6.45, 7) is 0.515. The average molecular weight is 409 g/mol. The highest BCUT2D eigenvalue weighted by Gasteiger charge is 2.38. The number of benzene rings is 3. The van der Waals surface area contributed by atoms with Crippen molar-refractivity contribution in [3.05, 3.63) is 102 Å². The molecule has 0 fully saturated rings. The van der Waals surface area contributed by atoms with E-state index in [1.165, 1.54) is 10.9 Å². The number of hydrogen-bond donors (Lipinski definition) is 2. The van der Waals surface area contributed by atoms with Crippen molar-refractivity contribution < 1.29 is 9.59 Å². The van der Waals surface area contributed by atoms with Crippen LogP contribution in [-0.2, 0) is 17.6 Å². The van der Waals surface area contributed by atoms with Gasteiger partial charge in [0.2, 0.25) is 5.91 Å². The fraction of sp³-hybridized carbons (Fsp3) is 0.154. The first-order chi connectivity index (χ1) is 15.2. The van der Waals surface area contributed by atoms with Gasteiger partial charge >= 0.3 is 0 Å². The average Bonchev–Trinajstić information content (AvgIpc) is 3.41. The molecular weight excluding hydrogens is 386 g/mol. The standard InChI is InChI=1S/C26H23N3O2/c30-25(27-15-14-20-17-28-22-12-6-5-11-21(20)22)24-16-19-10-4-7-13-23(19)29(24)26(31)18-8-2-1-3-9-18/h1-13,17,24,28H,14-16H2,(H,27,30). The Morgan fingerprint density at radius 2 is 1.68 bits per heavy atom. The van der Waals surface area contributed by atoms with E-state index in [9.17, 15) is 9.59 Å². The molecule has 0 spiro atoms. The highest BCUT2D eigenvalue weighted by atomic mass is 16.2. The van der Waals surface area contributed by atoms with Crippen LogP contribution in [0.25, 0.3) is 10.9 Å². The molecule has 0 radical (unpaired) electrons. The third kappa shape index (κ3) is 3.59. The summed E-state index contributed by atoms with van der Waals surface area (Å²) in [5, 5.41) is 4.22. The van der Waals surface area contributed by atoms with Crippen molar-refractivity contribution in [1.29, 1.82) is 0 Å². The van der Waals surface area contributed by atoms with Crippen LogP contribution in [0.1, 0.15) is 21.5 Å². The van der Waals surface area contributed by atoms with Crippen molar-refractivity contribution >= 4 is 28.4 Å². The Morgan fingerprint density at radius 1 is 0.935 bits per heavy atom. The summed E-state index contributed by atoms with van der Waals surface area (Å²) in [4.78, 5) is 31.3. The Morgan fingerprint density at radius 3 is 2.55 bits per heavy atom. The summed E-state index contributed by atoms with van der Waals surface area (Å²) in [7, 11) is 0. The number of aromatic nitrogens is 1. The predicted molar refractivity (Wildman–Crippen MR) is 122 cm³/mol. The number of aromatic amines is 1. The van der Waals surface area contributed by atoms with Crippen molar-refractivity contribution in [3.8, 4) is 0 Å². The molecular formula is C26H23N3O2. The van der Waals surface area contributed by atoms with Gasteiger partial charge in [-0.2, -0.15) is 0 Å². The van der Waals surface area contributed by atoms with Gasteiger partial charge < -0.3 is 10.3 Å². The number of carbonyl (C=O) groups is 2. The Hall–Kier alpha value is -3.86. The molecule has 0 saturated heterocycles. The molecule has 3 aromatic carbocycles. The number of carbonyl (C=O) groups excluding carboxylic acids is 2. The third-order valence-corrected chi connectivity index (χ3v) is 5.89. The van der Waals surface area contributed by atoms with E-state index in [-0.39, 0.29) is 11.8 Å². The van der Waals surface area contributed by atoms with Crippen LogP contribution in [0.15, 0.2) is 85.1 Å². The van der Waals surface area contributed by atoms with Crippen molar-refractivity contribution in [3.63, 3.8) is 0 Å². The van der Waals surface area contributed by atoms with Gasteiger partial charge in [0.05, 0.1) is 0 Å². The molecule has 31 heavy (non-hydrogen) atoms. The Balaban J connectivity index is 1.33. The molecule has 5 nitrogen and oxygen atoms in total. The Kier molecular flexibility index (Phi) is 5.00. The van der Waals surface area contributed by atoms with Crippen molar-refractivity contribution in [2.75, 3.05) is 11.4 Å². The maximum absolute atomic E-state index is 13.3. The zero-order valence-electron chi connectivity index (χ0n) is 17.0. The van der Waals surface area contributed by atoms with Crippen LogP contribution in [-0.4, -0.2) is 29.4 Å². The number of anilines is 1. The van der Waals surface area contributed by atoms with Gasteiger partial charge in [-0.05, 0) is 41.8 Å². The molecule has 1 unspecified atom stereocenters. The number of hydrogen-bond acceptors (Lipinski definition) is 2.